The molecule has 0 bridgehead atoms. The molecule has 672 valence electrons. The summed E-state index contributed by atoms with van der Waals surface area (Å²) in [6.07, 6.45) is 17.3. The molecule has 28 heteroatoms. The first-order valence-electron chi connectivity index (χ1n) is 41.7. The van der Waals surface area contributed by atoms with Crippen molar-refractivity contribution >= 4 is 83.6 Å². The minimum absolute atomic E-state index is 0.0634. The largest absolute Gasteiger partial charge is 0.469 e. The summed E-state index contributed by atoms with van der Waals surface area (Å²) in [5, 5.41) is 0. The number of rotatable bonds is 14. The molecular weight excluding hydrogens is 1630 g/mol. The maximum absolute atomic E-state index is 11.8. The van der Waals surface area contributed by atoms with Crippen LogP contribution >= 0.6 is 0 Å². The van der Waals surface area contributed by atoms with Gasteiger partial charge in [0.05, 0.1) is 180 Å². The van der Waals surface area contributed by atoms with Crippen molar-refractivity contribution < 1.29 is 133 Å². The number of hydrogen-bond donors (Lipinski definition) is 0. The minimum Gasteiger partial charge on any atom is -0.469 e. The van der Waals surface area contributed by atoms with Crippen molar-refractivity contribution in [3.63, 3.8) is 0 Å². The number of ether oxygens (including phenoxy) is 14. The van der Waals surface area contributed by atoms with Gasteiger partial charge in [0.1, 0.15) is 0 Å². The second-order valence-corrected chi connectivity index (χ2v) is 30.6. The Hall–Kier alpha value is -12.9. The van der Waals surface area contributed by atoms with E-state index in [0.29, 0.717) is 77.5 Å². The highest BCUT2D eigenvalue weighted by Gasteiger charge is 2.41. The Morgan fingerprint density at radius 2 is 0.571 bits per heavy atom. The van der Waals surface area contributed by atoms with Crippen molar-refractivity contribution in [2.75, 3.05) is 99.5 Å². The van der Waals surface area contributed by atoms with Crippen molar-refractivity contribution in [3.05, 3.63) is 244 Å². The summed E-state index contributed by atoms with van der Waals surface area (Å²) in [5.41, 5.74) is 17.3. The predicted molar refractivity (Wildman–Crippen MR) is 458 cm³/mol. The zero-order chi connectivity index (χ0) is 91.8. The third-order valence-corrected chi connectivity index (χ3v) is 23.8. The fourth-order valence-electron chi connectivity index (χ4n) is 17.3. The number of aryl methyl sites for hydroxylation is 4. The van der Waals surface area contributed by atoms with Gasteiger partial charge in [-0.25, -0.2) is 33.6 Å². The van der Waals surface area contributed by atoms with Crippen LogP contribution in [0.1, 0.15) is 245 Å². The SMILES string of the molecule is COC(=O)C1CCC(C(=O)OC)c2ccccc21.COC(=O)C1Cc2ccccc2CC1C(=O)OC.COC(=O)c1cc2c(cc1C(=O)OC)CCCC2.COC(=O)c1ccc(C(=O)OC)c2c1CCCC2.COC(=O)c1ccc2c(c1)CCC(C(=O)OC)C2.COC(=O)c1cccc2c1C(C(=O)OC)CCC2.COC(=O)c1cccc2c1CCCC2C(=O)OC. The molecule has 0 aliphatic heterocycles. The summed E-state index contributed by atoms with van der Waals surface area (Å²) in [6.45, 7) is 0. The molecule has 7 unspecified atom stereocenters. The third-order valence-electron chi connectivity index (χ3n) is 23.8. The topological polar surface area (TPSA) is 368 Å². The van der Waals surface area contributed by atoms with E-state index in [9.17, 15) is 67.1 Å². The van der Waals surface area contributed by atoms with Crippen LogP contribution < -0.4 is 0 Å². The van der Waals surface area contributed by atoms with E-state index in [1.54, 1.807) is 48.5 Å². The summed E-state index contributed by atoms with van der Waals surface area (Å²) in [4.78, 5) is 164. The number of carbonyl (C=O) groups is 14. The fourth-order valence-corrected chi connectivity index (χ4v) is 17.3. The summed E-state index contributed by atoms with van der Waals surface area (Å²) in [7, 11) is 19.1. The molecule has 0 radical (unpaired) electrons. The summed E-state index contributed by atoms with van der Waals surface area (Å²) < 4.78 is 66.8. The maximum Gasteiger partial charge on any atom is 0.338 e. The van der Waals surface area contributed by atoms with Crippen molar-refractivity contribution in [2.45, 2.75) is 159 Å². The first-order valence-corrected chi connectivity index (χ1v) is 41.7. The van der Waals surface area contributed by atoms with Crippen LogP contribution in [0.3, 0.4) is 0 Å². The standard InChI is InChI=1S/7C14H16O4/c1-17-13(15)11-7-3-6-10-9(11)5-4-8-12(10)14(16)18-2;1-17-13(15)11-5-3-10-8-12(14(16)18-2)6-4-9(10)7-11;1-17-13(15)10-7-3-5-9-6-4-8-11(12(9)10)14(16)18-2;2*1-17-13(15)11-7-9-5-3-4-6-10(9)8-12(11)14(16)18-2;2*1-17-13(15)11-7-8-12(14(16)18-2)10-6-4-3-5-9(10)11/h3,6-7,12H,4-5,8H2,1-2H3;3,5,7,12H,4,6,8H2,1-2H3;3,5,7,11H,4,6,8H2,1-2H3;7-8H,3-6H2,1-2H3;3-6,11-12H,7-8H2,1-2H3;7-8H,3-6H2,1-2H3;3-6,11-12H,7-8H2,1-2H3. The molecule has 7 atom stereocenters. The molecule has 7 aliphatic carbocycles. The lowest BCUT2D eigenvalue weighted by Crippen LogP contribution is -2.37. The van der Waals surface area contributed by atoms with Gasteiger partial charge in [0.2, 0.25) is 0 Å². The van der Waals surface area contributed by atoms with Gasteiger partial charge in [-0.3, -0.25) is 33.6 Å². The lowest BCUT2D eigenvalue weighted by molar-refractivity contribution is -0.158. The fraction of sp³-hybridized carbons (Fsp3) is 0.429. The Bertz CT molecular complexity index is 4930. The molecule has 0 fully saturated rings. The molecule has 28 nitrogen and oxygen atoms in total. The number of methoxy groups -OCH3 is 14. The average Bonchev–Trinajstić information content (AvgIpc) is 0.844. The van der Waals surface area contributed by atoms with Gasteiger partial charge in [-0.1, -0.05) is 78.9 Å². The zero-order valence-corrected chi connectivity index (χ0v) is 73.9. The zero-order valence-electron chi connectivity index (χ0n) is 73.9. The van der Waals surface area contributed by atoms with E-state index in [-0.39, 0.29) is 95.3 Å². The maximum atomic E-state index is 11.8. The van der Waals surface area contributed by atoms with Gasteiger partial charge in [-0.2, -0.15) is 0 Å². The molecule has 7 aromatic carbocycles. The van der Waals surface area contributed by atoms with Crippen LogP contribution in [0.15, 0.2) is 127 Å². The van der Waals surface area contributed by atoms with Crippen LogP contribution in [0.25, 0.3) is 0 Å². The Morgan fingerprint density at radius 1 is 0.230 bits per heavy atom. The lowest BCUT2D eigenvalue weighted by atomic mass is 9.76. The Kier molecular flexibility index (Phi) is 37.9. The predicted octanol–water partition coefficient (Wildman–Crippen LogP) is 13.5. The second kappa shape index (κ2) is 48.4. The molecule has 0 amide bonds. The van der Waals surface area contributed by atoms with Gasteiger partial charge in [0.15, 0.2) is 0 Å². The molecule has 126 heavy (non-hydrogen) atoms. The van der Waals surface area contributed by atoms with Crippen LogP contribution in [0, 0.1) is 17.8 Å². The van der Waals surface area contributed by atoms with Crippen LogP contribution in [0.4, 0.5) is 0 Å². The third kappa shape index (κ3) is 24.4. The van der Waals surface area contributed by atoms with Gasteiger partial charge >= 0.3 is 83.6 Å². The number of fused-ring (bicyclic) bond motifs is 7. The number of benzene rings is 7. The van der Waals surface area contributed by atoms with Crippen LogP contribution in [-0.2, 0) is 164 Å². The molecule has 0 spiro atoms. The van der Waals surface area contributed by atoms with Crippen LogP contribution in [-0.4, -0.2) is 183 Å². The van der Waals surface area contributed by atoms with E-state index in [1.165, 1.54) is 99.5 Å². The molecule has 0 N–H and O–H groups in total. The number of carbonyl (C=O) groups excluding carboxylic acids is 14. The van der Waals surface area contributed by atoms with E-state index >= 15 is 0 Å². The van der Waals surface area contributed by atoms with E-state index < -0.39 is 29.7 Å². The normalized spacial score (nSPS) is 17.8. The smallest absolute Gasteiger partial charge is 0.338 e. The Labute approximate surface area is 733 Å². The van der Waals surface area contributed by atoms with E-state index in [2.05, 4.69) is 0 Å². The molecule has 7 aliphatic rings. The highest BCUT2D eigenvalue weighted by Crippen LogP contribution is 2.42. The van der Waals surface area contributed by atoms with E-state index in [1.807, 2.05) is 78.9 Å². The quantitative estimate of drug-likeness (QED) is 0.0721. The molecule has 14 rings (SSSR count). The van der Waals surface area contributed by atoms with Crippen LogP contribution in [0.5, 0.6) is 0 Å². The van der Waals surface area contributed by atoms with Gasteiger partial charge in [-0.15, -0.1) is 0 Å². The van der Waals surface area contributed by atoms with Crippen molar-refractivity contribution in [1.82, 2.24) is 0 Å². The summed E-state index contributed by atoms with van der Waals surface area (Å²) in [6, 6.07) is 38.6. The molecular formula is C98H112O28. The Balaban J connectivity index is 0.000000182. The highest BCUT2D eigenvalue weighted by atomic mass is 16.6. The molecule has 7 aromatic rings. The monoisotopic (exact) mass is 1740 g/mol. The van der Waals surface area contributed by atoms with Gasteiger partial charge < -0.3 is 66.3 Å². The molecule has 0 aromatic heterocycles. The minimum atomic E-state index is -0.497. The van der Waals surface area contributed by atoms with Crippen molar-refractivity contribution in [2.24, 2.45) is 17.8 Å². The number of hydrogen-bond acceptors (Lipinski definition) is 28. The number of esters is 14. The van der Waals surface area contributed by atoms with Gasteiger partial charge in [0, 0.05) is 0 Å². The second-order valence-electron chi connectivity index (χ2n) is 30.6. The van der Waals surface area contributed by atoms with Crippen molar-refractivity contribution in [1.29, 1.82) is 0 Å². The van der Waals surface area contributed by atoms with Gasteiger partial charge in [0.25, 0.3) is 0 Å². The first-order chi connectivity index (χ1) is 60.7. The average molecular weight is 1740 g/mol. The molecule has 0 heterocycles. The van der Waals surface area contributed by atoms with Crippen LogP contribution in [0.2, 0.25) is 0 Å². The van der Waals surface area contributed by atoms with Gasteiger partial charge in [-0.05, 0) is 261 Å². The summed E-state index contributed by atoms with van der Waals surface area (Å²) in [5.74, 6) is -6.73. The van der Waals surface area contributed by atoms with Crippen molar-refractivity contribution in [3.8, 4) is 0 Å². The van der Waals surface area contributed by atoms with E-state index in [0.717, 1.165) is 174 Å². The summed E-state index contributed by atoms with van der Waals surface area (Å²) >= 11 is 0. The van der Waals surface area contributed by atoms with E-state index in [4.69, 9.17) is 66.3 Å². The Morgan fingerprint density at radius 3 is 1.03 bits per heavy atom. The molecule has 0 saturated carbocycles. The first kappa shape index (κ1) is 98.6. The highest BCUT2D eigenvalue weighted by molar-refractivity contribution is 6.04. The lowest BCUT2D eigenvalue weighted by Gasteiger charge is -2.29. The molecule has 0 saturated heterocycles.